The van der Waals surface area contributed by atoms with E-state index in [2.05, 4.69) is 4.72 Å². The highest BCUT2D eigenvalue weighted by Gasteiger charge is 2.33. The van der Waals surface area contributed by atoms with Gasteiger partial charge >= 0.3 is 0 Å². The van der Waals surface area contributed by atoms with Gasteiger partial charge in [0.1, 0.15) is 0 Å². The lowest BCUT2D eigenvalue weighted by Gasteiger charge is -2.37. The number of ether oxygens (including phenoxy) is 2. The number of nitrogens with zero attached hydrogens (tertiary/aromatic N) is 1. The maximum Gasteiger partial charge on any atom is 0.230 e. The second kappa shape index (κ2) is 5.86. The third-order valence-corrected chi connectivity index (χ3v) is 3.35. The highest BCUT2D eigenvalue weighted by Crippen LogP contribution is 2.16. The fourth-order valence-electron chi connectivity index (χ4n) is 1.86. The van der Waals surface area contributed by atoms with Crippen LogP contribution in [0, 0.1) is 5.92 Å². The van der Waals surface area contributed by atoms with Gasteiger partial charge in [0, 0.05) is 19.6 Å². The highest BCUT2D eigenvalue weighted by molar-refractivity contribution is 7.96. The van der Waals surface area contributed by atoms with E-state index in [0.717, 1.165) is 6.54 Å². The predicted molar refractivity (Wildman–Crippen MR) is 62.1 cm³/mol. The first-order valence-electron chi connectivity index (χ1n) is 5.55. The molecule has 2 fully saturated rings. The van der Waals surface area contributed by atoms with Crippen molar-refractivity contribution in [2.75, 3.05) is 45.7 Å². The van der Waals surface area contributed by atoms with Crippen molar-refractivity contribution in [1.29, 1.82) is 0 Å². The lowest BCUT2D eigenvalue weighted by molar-refractivity contribution is -0.156. The Morgan fingerprint density at radius 3 is 3.00 bits per heavy atom. The van der Waals surface area contributed by atoms with Crippen LogP contribution in [0.5, 0.6) is 0 Å². The Morgan fingerprint density at radius 2 is 2.38 bits per heavy atom. The van der Waals surface area contributed by atoms with Crippen LogP contribution >= 0.6 is 11.9 Å². The Hall–Kier alpha value is -0.300. The van der Waals surface area contributed by atoms with E-state index in [4.69, 9.17) is 9.47 Å². The molecule has 2 aliphatic heterocycles. The molecule has 2 aliphatic rings. The first kappa shape index (κ1) is 12.2. The molecule has 0 aromatic carbocycles. The summed E-state index contributed by atoms with van der Waals surface area (Å²) in [5.74, 6) is 0.316. The zero-order chi connectivity index (χ0) is 11.4. The lowest BCUT2D eigenvalue weighted by atomic mass is 10.1. The number of hydrogen-bond acceptors (Lipinski definition) is 5. The van der Waals surface area contributed by atoms with Crippen molar-refractivity contribution in [2.24, 2.45) is 5.92 Å². The maximum absolute atomic E-state index is 12.0. The average molecular weight is 246 g/mol. The zero-order valence-corrected chi connectivity index (χ0v) is 10.3. The van der Waals surface area contributed by atoms with Crippen molar-refractivity contribution in [1.82, 2.24) is 9.62 Å². The second-order valence-electron chi connectivity index (χ2n) is 4.06. The fraction of sp³-hybridized carbons (Fsp3) is 0.900. The number of nitrogens with one attached hydrogen (secondary N) is 1. The summed E-state index contributed by atoms with van der Waals surface area (Å²) < 4.78 is 13.8. The fourth-order valence-corrected chi connectivity index (χ4v) is 2.21. The molecule has 2 rings (SSSR count). The minimum atomic E-state index is 0.0901. The first-order valence-corrected chi connectivity index (χ1v) is 6.77. The van der Waals surface area contributed by atoms with Crippen molar-refractivity contribution < 1.29 is 14.3 Å². The molecule has 1 atom stereocenters. The van der Waals surface area contributed by atoms with Gasteiger partial charge in [0.05, 0.1) is 31.8 Å². The summed E-state index contributed by atoms with van der Waals surface area (Å²) in [6, 6.07) is 0. The third-order valence-electron chi connectivity index (χ3n) is 2.89. The van der Waals surface area contributed by atoms with Gasteiger partial charge < -0.3 is 14.4 Å². The summed E-state index contributed by atoms with van der Waals surface area (Å²) in [6.45, 7) is 4.01. The van der Waals surface area contributed by atoms with Crippen LogP contribution in [0.25, 0.3) is 0 Å². The number of morpholine rings is 1. The first-order chi connectivity index (χ1) is 7.81. The van der Waals surface area contributed by atoms with Gasteiger partial charge in [-0.2, -0.15) is 0 Å². The third kappa shape index (κ3) is 2.88. The molecule has 0 aliphatic carbocycles. The number of rotatable bonds is 4. The van der Waals surface area contributed by atoms with Gasteiger partial charge in [-0.3, -0.25) is 9.52 Å². The van der Waals surface area contributed by atoms with Gasteiger partial charge in [-0.05, 0) is 6.26 Å². The molecule has 0 aromatic rings. The highest BCUT2D eigenvalue weighted by atomic mass is 32.2. The van der Waals surface area contributed by atoms with E-state index in [1.165, 1.54) is 0 Å². The van der Waals surface area contributed by atoms with Crippen LogP contribution in [-0.4, -0.2) is 62.6 Å². The molecule has 16 heavy (non-hydrogen) atoms. The van der Waals surface area contributed by atoms with E-state index in [0.29, 0.717) is 32.9 Å². The Kier molecular flexibility index (Phi) is 4.45. The molecule has 1 amide bonds. The maximum atomic E-state index is 12.0. The normalized spacial score (nSPS) is 26.6. The van der Waals surface area contributed by atoms with Gasteiger partial charge in [-0.25, -0.2) is 0 Å². The van der Waals surface area contributed by atoms with E-state index in [9.17, 15) is 4.79 Å². The van der Waals surface area contributed by atoms with E-state index in [1.54, 1.807) is 11.9 Å². The van der Waals surface area contributed by atoms with E-state index >= 15 is 0 Å². The Bertz CT molecular complexity index is 248. The van der Waals surface area contributed by atoms with Crippen LogP contribution in [0.4, 0.5) is 0 Å². The summed E-state index contributed by atoms with van der Waals surface area (Å²) >= 11 is 1.57. The van der Waals surface area contributed by atoms with Crippen molar-refractivity contribution in [3.63, 3.8) is 0 Å². The Balaban J connectivity index is 1.78. The van der Waals surface area contributed by atoms with E-state index in [-0.39, 0.29) is 17.9 Å². The van der Waals surface area contributed by atoms with Gasteiger partial charge in [0.2, 0.25) is 5.91 Å². The molecule has 2 saturated heterocycles. The molecular weight excluding hydrogens is 228 g/mol. The summed E-state index contributed by atoms with van der Waals surface area (Å²) in [6.07, 6.45) is 2.10. The topological polar surface area (TPSA) is 50.8 Å². The number of amides is 1. The largest absolute Gasteiger partial charge is 0.380 e. The monoisotopic (exact) mass is 246 g/mol. The van der Waals surface area contributed by atoms with Crippen molar-refractivity contribution >= 4 is 17.9 Å². The second-order valence-corrected chi connectivity index (χ2v) is 4.76. The molecule has 0 saturated carbocycles. The van der Waals surface area contributed by atoms with Gasteiger partial charge in [0.25, 0.3) is 0 Å². The summed E-state index contributed by atoms with van der Waals surface area (Å²) in [4.78, 5) is 13.9. The molecule has 0 aromatic heterocycles. The Morgan fingerprint density at radius 1 is 1.56 bits per heavy atom. The predicted octanol–water partition coefficient (Wildman–Crippen LogP) is -0.272. The standard InChI is InChI=1S/C10H18N2O3S/c1-16-11-4-9-5-12(2-3-15-9)10(13)8-6-14-7-8/h8-9,11H,2-7H2,1H3. The number of hydrogen-bond donors (Lipinski definition) is 1. The van der Waals surface area contributed by atoms with E-state index in [1.807, 2.05) is 11.2 Å². The zero-order valence-electron chi connectivity index (χ0n) is 9.48. The molecule has 1 N–H and O–H groups in total. The van der Waals surface area contributed by atoms with Gasteiger partial charge in [0.15, 0.2) is 0 Å². The summed E-state index contributed by atoms with van der Waals surface area (Å²) in [5, 5.41) is 0. The molecule has 2 heterocycles. The van der Waals surface area contributed by atoms with Crippen LogP contribution in [0.2, 0.25) is 0 Å². The van der Waals surface area contributed by atoms with Crippen LogP contribution in [-0.2, 0) is 14.3 Å². The Labute approximate surface area is 100.0 Å². The van der Waals surface area contributed by atoms with Gasteiger partial charge in [-0.15, -0.1) is 0 Å². The average Bonchev–Trinajstić information content (AvgIpc) is 2.24. The summed E-state index contributed by atoms with van der Waals surface area (Å²) in [5.41, 5.74) is 0. The minimum Gasteiger partial charge on any atom is -0.380 e. The minimum absolute atomic E-state index is 0.0901. The molecule has 5 nitrogen and oxygen atoms in total. The van der Waals surface area contributed by atoms with Gasteiger partial charge in [-0.1, -0.05) is 11.9 Å². The SMILES string of the molecule is CSNCC1CN(C(=O)C2COC2)CCO1. The molecule has 0 radical (unpaired) electrons. The molecule has 92 valence electrons. The van der Waals surface area contributed by atoms with Crippen LogP contribution in [0.1, 0.15) is 0 Å². The van der Waals surface area contributed by atoms with Crippen molar-refractivity contribution in [3.8, 4) is 0 Å². The number of carbonyl (C=O) groups is 1. The number of carbonyl (C=O) groups excluding carboxylic acids is 1. The van der Waals surface area contributed by atoms with Crippen molar-refractivity contribution in [3.05, 3.63) is 0 Å². The molecule has 0 spiro atoms. The quantitative estimate of drug-likeness (QED) is 0.692. The lowest BCUT2D eigenvalue weighted by Crippen LogP contribution is -2.53. The molecule has 1 unspecified atom stereocenters. The smallest absolute Gasteiger partial charge is 0.230 e. The molecule has 6 heteroatoms. The summed E-state index contributed by atoms with van der Waals surface area (Å²) in [7, 11) is 0. The molecule has 0 bridgehead atoms. The van der Waals surface area contributed by atoms with Crippen LogP contribution in [0.15, 0.2) is 0 Å². The van der Waals surface area contributed by atoms with Crippen LogP contribution < -0.4 is 4.72 Å². The van der Waals surface area contributed by atoms with Crippen LogP contribution in [0.3, 0.4) is 0 Å². The van der Waals surface area contributed by atoms with E-state index < -0.39 is 0 Å². The van der Waals surface area contributed by atoms with Crippen molar-refractivity contribution in [2.45, 2.75) is 6.10 Å². The molecular formula is C10H18N2O3S.